The summed E-state index contributed by atoms with van der Waals surface area (Å²) < 4.78 is 148. The highest BCUT2D eigenvalue weighted by Crippen LogP contribution is 2.32. The van der Waals surface area contributed by atoms with Crippen LogP contribution in [-0.2, 0) is 34.5 Å². The van der Waals surface area contributed by atoms with Crippen LogP contribution in [0.3, 0.4) is 0 Å². The van der Waals surface area contributed by atoms with Gasteiger partial charge in [0, 0.05) is 62.0 Å². The van der Waals surface area contributed by atoms with E-state index in [1.807, 2.05) is 4.90 Å². The van der Waals surface area contributed by atoms with Gasteiger partial charge >= 0.3 is 6.18 Å². The minimum absolute atomic E-state index is 0.124. The Morgan fingerprint density at radius 3 is 2.34 bits per heavy atom. The summed E-state index contributed by atoms with van der Waals surface area (Å²) in [5.41, 5.74) is -2.38. The summed E-state index contributed by atoms with van der Waals surface area (Å²) >= 11 is 0.500. The molecular weight excluding hydrogens is 710 g/mol. The molecule has 6 rings (SSSR count). The van der Waals surface area contributed by atoms with E-state index in [0.717, 1.165) is 23.1 Å². The van der Waals surface area contributed by atoms with Crippen molar-refractivity contribution in [1.29, 1.82) is 0 Å². The van der Waals surface area contributed by atoms with Crippen molar-refractivity contribution in [2.24, 2.45) is 0 Å². The minimum Gasteiger partial charge on any atom is -0.383 e. The van der Waals surface area contributed by atoms with Crippen molar-refractivity contribution in [2.45, 2.75) is 55.8 Å². The highest BCUT2D eigenvalue weighted by atomic mass is 32.2. The number of carbonyl (C=O) groups is 1. The molecule has 1 aliphatic heterocycles. The Bertz CT molecular complexity index is 2520. The number of methoxy groups -OCH3 is 1. The van der Waals surface area contributed by atoms with E-state index < -0.39 is 99.6 Å². The molecule has 1 fully saturated rings. The number of halogens is 5. The van der Waals surface area contributed by atoms with E-state index in [2.05, 4.69) is 0 Å². The van der Waals surface area contributed by atoms with Gasteiger partial charge < -0.3 is 19.1 Å². The Labute approximate surface area is 320 Å². The number of fused-ring (bicyclic) bond motifs is 1. The van der Waals surface area contributed by atoms with Crippen LogP contribution in [0.4, 0.5) is 22.0 Å². The van der Waals surface area contributed by atoms with Crippen LogP contribution in [0.15, 0.2) is 101 Å². The fraction of sp³-hybridized carbons (Fsp3) is 0.317. The Balaban J connectivity index is 1.51. The zero-order valence-electron chi connectivity index (χ0n) is 36.7. The molecular formula is C41H40F5N3O3S. The number of benzene rings is 4. The third-order valence-corrected chi connectivity index (χ3v) is 9.84. The molecule has 2 heterocycles. The van der Waals surface area contributed by atoms with Crippen LogP contribution >= 0.6 is 11.8 Å². The number of ether oxygens (including phenoxy) is 1. The average Bonchev–Trinajstić information content (AvgIpc) is 3.23. The van der Waals surface area contributed by atoms with Gasteiger partial charge in [0.2, 0.25) is 5.91 Å². The minimum atomic E-state index is -4.56. The Morgan fingerprint density at radius 2 is 1.68 bits per heavy atom. The average molecular weight is 758 g/mol. The number of likely N-dealkylation sites (tertiary alicyclic amines) is 1. The third-order valence-electron chi connectivity index (χ3n) is 8.83. The molecule has 1 amide bonds. The quantitative estimate of drug-likeness (QED) is 0.0942. The van der Waals surface area contributed by atoms with Crippen LogP contribution in [0.5, 0.6) is 0 Å². The number of pyridine rings is 1. The van der Waals surface area contributed by atoms with Gasteiger partial charge in [-0.05, 0) is 72.3 Å². The molecule has 4 aromatic carbocycles. The summed E-state index contributed by atoms with van der Waals surface area (Å²) in [6.07, 6.45) is -4.24. The second-order valence-electron chi connectivity index (χ2n) is 12.4. The highest BCUT2D eigenvalue weighted by molar-refractivity contribution is 7.98. The van der Waals surface area contributed by atoms with E-state index in [0.29, 0.717) is 53.7 Å². The molecule has 5 aromatic rings. The molecule has 1 aliphatic rings. The van der Waals surface area contributed by atoms with Gasteiger partial charge in [0.05, 0.1) is 33.7 Å². The predicted octanol–water partition coefficient (Wildman–Crippen LogP) is 8.71. The van der Waals surface area contributed by atoms with Crippen molar-refractivity contribution in [3.8, 4) is 11.1 Å². The monoisotopic (exact) mass is 757 g/mol. The number of carbonyl (C=O) groups excluding carboxylic acids is 1. The van der Waals surface area contributed by atoms with Gasteiger partial charge in [0.25, 0.3) is 0 Å². The van der Waals surface area contributed by atoms with Gasteiger partial charge in [0.15, 0.2) is 17.1 Å². The third kappa shape index (κ3) is 9.17. The highest BCUT2D eigenvalue weighted by Gasteiger charge is 2.31. The Morgan fingerprint density at radius 1 is 1.00 bits per heavy atom. The summed E-state index contributed by atoms with van der Waals surface area (Å²) in [7, 11) is 1.54. The van der Waals surface area contributed by atoms with E-state index >= 15 is 4.79 Å². The number of piperidine rings is 1. The van der Waals surface area contributed by atoms with Crippen LogP contribution in [-0.4, -0.2) is 59.7 Å². The summed E-state index contributed by atoms with van der Waals surface area (Å²) in [5.74, 6) is -4.44. The first-order valence-corrected chi connectivity index (χ1v) is 17.7. The van der Waals surface area contributed by atoms with Crippen LogP contribution in [0.2, 0.25) is 0 Å². The molecule has 0 atom stereocenters. The summed E-state index contributed by atoms with van der Waals surface area (Å²) in [5, 5.41) is -1.30. The molecule has 0 unspecified atom stereocenters. The molecule has 0 spiro atoms. The maximum atomic E-state index is 15.2. The van der Waals surface area contributed by atoms with Crippen molar-refractivity contribution in [3.63, 3.8) is 0 Å². The van der Waals surface area contributed by atoms with Crippen LogP contribution in [0.1, 0.15) is 46.1 Å². The number of thioether (sulfide) groups is 1. The van der Waals surface area contributed by atoms with Gasteiger partial charge in [-0.25, -0.2) is 8.78 Å². The lowest BCUT2D eigenvalue weighted by Gasteiger charge is -2.39. The fourth-order valence-corrected chi connectivity index (χ4v) is 6.90. The predicted molar refractivity (Wildman–Crippen MR) is 198 cm³/mol. The summed E-state index contributed by atoms with van der Waals surface area (Å²) in [4.78, 5) is 31.8. The second kappa shape index (κ2) is 16.7. The molecule has 53 heavy (non-hydrogen) atoms. The molecule has 1 aromatic heterocycles. The van der Waals surface area contributed by atoms with Crippen LogP contribution < -0.4 is 5.43 Å². The van der Waals surface area contributed by atoms with Gasteiger partial charge in [0.1, 0.15) is 6.50 Å². The number of hydrogen-bond donors (Lipinski definition) is 0. The molecule has 1 saturated heterocycles. The lowest BCUT2D eigenvalue weighted by atomic mass is 10.00. The number of aromatic nitrogens is 1. The smallest absolute Gasteiger partial charge is 0.383 e. The number of amides is 1. The maximum Gasteiger partial charge on any atom is 0.416 e. The number of alkyl halides is 3. The number of rotatable bonds is 12. The zero-order valence-corrected chi connectivity index (χ0v) is 29.6. The van der Waals surface area contributed by atoms with Crippen molar-refractivity contribution < 1.29 is 42.4 Å². The summed E-state index contributed by atoms with van der Waals surface area (Å²) in [6, 6.07) is 9.38. The van der Waals surface area contributed by atoms with E-state index in [4.69, 9.17) is 10.2 Å². The van der Waals surface area contributed by atoms with Gasteiger partial charge in [-0.1, -0.05) is 54.6 Å². The Kier molecular flexibility index (Phi) is 9.09. The van der Waals surface area contributed by atoms with Crippen LogP contribution in [0.25, 0.3) is 22.0 Å². The van der Waals surface area contributed by atoms with Crippen molar-refractivity contribution in [2.75, 3.05) is 33.4 Å². The summed E-state index contributed by atoms with van der Waals surface area (Å²) in [6.45, 7) is -3.34. The molecule has 12 heteroatoms. The standard InChI is InChI=1S/C41H40F5N3O3S/c1-27-6-15-34-36(22-27)49(39(23-37(34)50)53-26-31-4-3-5-35(42)40(31)43)25-38(51)48(33-16-18-47(19-17-33)20-21-52-2)24-28-7-9-29(10-8-28)30-11-13-32(14-12-30)41(44,45)46/h3-15,22-23,33H,16-21,24-26H2,1-2H3/i6D,15D,22D,23D,24D2,25D2. The van der Waals surface area contributed by atoms with Crippen molar-refractivity contribution >= 4 is 28.6 Å². The Hall–Kier alpha value is -4.52. The number of hydrogen-bond acceptors (Lipinski definition) is 5. The van der Waals surface area contributed by atoms with Crippen LogP contribution in [0, 0.1) is 18.6 Å². The first-order valence-electron chi connectivity index (χ1n) is 20.7. The lowest BCUT2D eigenvalue weighted by molar-refractivity contribution is -0.137. The normalized spacial score (nSPS) is 16.9. The second-order valence-corrected chi connectivity index (χ2v) is 13.4. The van der Waals surface area contributed by atoms with Gasteiger partial charge in [-0.15, -0.1) is 11.8 Å². The topological polar surface area (TPSA) is 54.8 Å². The van der Waals surface area contributed by atoms with E-state index in [9.17, 15) is 32.2 Å². The van der Waals surface area contributed by atoms with E-state index in [1.165, 1.54) is 62.6 Å². The zero-order chi connectivity index (χ0) is 44.8. The first kappa shape index (κ1) is 28.9. The molecule has 6 nitrogen and oxygen atoms in total. The SMILES string of the molecule is [2H]c1c(C)c([2H])c2c(c1[2H])c(=O)c([2H])c(SCc1cccc(F)c1F)n2C([2H])([2H])C(=O)N(C1CCN(CCOC)CC1)C([2H])([2H])c1ccc(-c2ccc(C(F)(F)F)cc2)cc1. The number of nitrogens with zero attached hydrogens (tertiary/aromatic N) is 3. The lowest BCUT2D eigenvalue weighted by Crippen LogP contribution is -2.48. The fourth-order valence-electron chi connectivity index (χ4n) is 5.96. The molecule has 0 saturated carbocycles. The molecule has 0 bridgehead atoms. The molecule has 0 radical (unpaired) electrons. The molecule has 0 aliphatic carbocycles. The largest absolute Gasteiger partial charge is 0.416 e. The van der Waals surface area contributed by atoms with Crippen molar-refractivity contribution in [3.05, 3.63) is 135 Å². The van der Waals surface area contributed by atoms with Gasteiger partial charge in [-0.3, -0.25) is 9.59 Å². The maximum absolute atomic E-state index is 15.2. The molecule has 278 valence electrons. The van der Waals surface area contributed by atoms with E-state index in [1.54, 1.807) is 0 Å². The first-order chi connectivity index (χ1) is 28.6. The van der Waals surface area contributed by atoms with Gasteiger partial charge in [-0.2, -0.15) is 13.2 Å². The van der Waals surface area contributed by atoms with Crippen molar-refractivity contribution in [1.82, 2.24) is 14.4 Å². The van der Waals surface area contributed by atoms with E-state index in [-0.39, 0.29) is 29.5 Å². The molecule has 0 N–H and O–H groups in total.